The van der Waals surface area contributed by atoms with Crippen LogP contribution in [-0.4, -0.2) is 47.3 Å². The van der Waals surface area contributed by atoms with Crippen LogP contribution in [0.5, 0.6) is 0 Å². The molecule has 1 aliphatic rings. The second-order valence-corrected chi connectivity index (χ2v) is 6.29. The number of H-pyrrole nitrogens is 1. The van der Waals surface area contributed by atoms with Crippen molar-refractivity contribution in [2.45, 2.75) is 0 Å². The number of hydrogen-bond donors (Lipinski definition) is 1. The van der Waals surface area contributed by atoms with Crippen LogP contribution in [0.25, 0.3) is 22.4 Å². The van der Waals surface area contributed by atoms with Gasteiger partial charge in [0.05, 0.1) is 18.9 Å². The van der Waals surface area contributed by atoms with E-state index in [-0.39, 0.29) is 11.5 Å². The molecule has 0 spiro atoms. The molecule has 0 saturated carbocycles. The van der Waals surface area contributed by atoms with Crippen LogP contribution in [0.1, 0.15) is 10.4 Å². The molecule has 0 radical (unpaired) electrons. The second kappa shape index (κ2) is 7.55. The van der Waals surface area contributed by atoms with Gasteiger partial charge in [-0.2, -0.15) is 5.10 Å². The molecule has 27 heavy (non-hydrogen) atoms. The molecular formula is C21H19N3O3. The molecule has 136 valence electrons. The summed E-state index contributed by atoms with van der Waals surface area (Å²) in [6.45, 7) is 1.88. The third-order valence-electron chi connectivity index (χ3n) is 4.60. The minimum absolute atomic E-state index is 0.122. The predicted molar refractivity (Wildman–Crippen MR) is 102 cm³/mol. The Morgan fingerprint density at radius 1 is 0.926 bits per heavy atom. The number of hydrogen-bond acceptors (Lipinski definition) is 4. The smallest absolute Gasteiger partial charge is 0.277 e. The Kier molecular flexibility index (Phi) is 4.80. The summed E-state index contributed by atoms with van der Waals surface area (Å²) in [7, 11) is 0. The summed E-state index contributed by atoms with van der Waals surface area (Å²) in [6, 6.07) is 19.0. The molecular weight excluding hydrogens is 342 g/mol. The third-order valence-corrected chi connectivity index (χ3v) is 4.60. The SMILES string of the molecule is O=C(c1c(-c2ccccc2)c(-c2ccccc2)n[nH]c1=O)N1CCOCC1. The fourth-order valence-electron chi connectivity index (χ4n) is 3.27. The minimum Gasteiger partial charge on any atom is -0.378 e. The number of rotatable bonds is 3. The van der Waals surface area contributed by atoms with Crippen LogP contribution in [0.3, 0.4) is 0 Å². The number of benzene rings is 2. The van der Waals surface area contributed by atoms with Crippen LogP contribution >= 0.6 is 0 Å². The molecule has 6 nitrogen and oxygen atoms in total. The molecule has 3 aromatic rings. The number of carbonyl (C=O) groups is 1. The fourth-order valence-corrected chi connectivity index (χ4v) is 3.27. The quantitative estimate of drug-likeness (QED) is 0.778. The normalized spacial score (nSPS) is 14.1. The molecule has 1 fully saturated rings. The van der Waals surface area contributed by atoms with E-state index in [0.29, 0.717) is 37.6 Å². The maximum Gasteiger partial charge on any atom is 0.277 e. The Balaban J connectivity index is 1.94. The van der Waals surface area contributed by atoms with Crippen molar-refractivity contribution >= 4 is 5.91 Å². The zero-order valence-electron chi connectivity index (χ0n) is 14.7. The van der Waals surface area contributed by atoms with Gasteiger partial charge in [0.1, 0.15) is 5.56 Å². The largest absolute Gasteiger partial charge is 0.378 e. The van der Waals surface area contributed by atoms with Gasteiger partial charge < -0.3 is 9.64 Å². The van der Waals surface area contributed by atoms with Crippen molar-refractivity contribution in [3.63, 3.8) is 0 Å². The second-order valence-electron chi connectivity index (χ2n) is 6.29. The van der Waals surface area contributed by atoms with Gasteiger partial charge in [-0.05, 0) is 5.56 Å². The van der Waals surface area contributed by atoms with Crippen LogP contribution in [0, 0.1) is 0 Å². The Bertz CT molecular complexity index is 994. The molecule has 0 bridgehead atoms. The number of aromatic amines is 1. The zero-order valence-corrected chi connectivity index (χ0v) is 14.7. The fraction of sp³-hybridized carbons (Fsp3) is 0.190. The highest BCUT2D eigenvalue weighted by atomic mass is 16.5. The molecule has 1 aromatic heterocycles. The molecule has 0 unspecified atom stereocenters. The van der Waals surface area contributed by atoms with Crippen molar-refractivity contribution in [1.82, 2.24) is 15.1 Å². The highest BCUT2D eigenvalue weighted by Gasteiger charge is 2.27. The maximum atomic E-state index is 13.2. The van der Waals surface area contributed by atoms with Crippen molar-refractivity contribution in [3.8, 4) is 22.4 Å². The number of nitrogens with zero attached hydrogens (tertiary/aromatic N) is 2. The van der Waals surface area contributed by atoms with E-state index in [0.717, 1.165) is 11.1 Å². The Morgan fingerprint density at radius 2 is 1.52 bits per heavy atom. The van der Waals surface area contributed by atoms with Gasteiger partial charge in [-0.1, -0.05) is 60.7 Å². The molecule has 2 heterocycles. The summed E-state index contributed by atoms with van der Waals surface area (Å²) in [5, 5.41) is 6.79. The molecule has 4 rings (SSSR count). The summed E-state index contributed by atoms with van der Waals surface area (Å²) >= 11 is 0. The van der Waals surface area contributed by atoms with Gasteiger partial charge in [-0.15, -0.1) is 0 Å². The first kappa shape index (κ1) is 17.2. The van der Waals surface area contributed by atoms with Crippen molar-refractivity contribution in [1.29, 1.82) is 0 Å². The summed E-state index contributed by atoms with van der Waals surface area (Å²) in [5.74, 6) is -0.294. The van der Waals surface area contributed by atoms with E-state index in [4.69, 9.17) is 4.74 Å². The van der Waals surface area contributed by atoms with Gasteiger partial charge in [-0.3, -0.25) is 9.59 Å². The molecule has 2 aromatic carbocycles. The summed E-state index contributed by atoms with van der Waals surface area (Å²) in [5.41, 5.74) is 2.40. The first-order valence-corrected chi connectivity index (χ1v) is 8.86. The van der Waals surface area contributed by atoms with Crippen LogP contribution < -0.4 is 5.56 Å². The average molecular weight is 361 g/mol. The number of nitrogens with one attached hydrogen (secondary N) is 1. The maximum absolute atomic E-state index is 13.2. The summed E-state index contributed by atoms with van der Waals surface area (Å²) in [4.78, 5) is 27.6. The van der Waals surface area contributed by atoms with Crippen molar-refractivity contribution in [3.05, 3.63) is 76.6 Å². The minimum atomic E-state index is -0.481. The van der Waals surface area contributed by atoms with E-state index in [1.807, 2.05) is 60.7 Å². The third kappa shape index (κ3) is 3.39. The molecule has 1 N–H and O–H groups in total. The summed E-state index contributed by atoms with van der Waals surface area (Å²) < 4.78 is 5.33. The molecule has 0 atom stereocenters. The van der Waals surface area contributed by atoms with Crippen molar-refractivity contribution < 1.29 is 9.53 Å². The Labute approximate surface area is 156 Å². The lowest BCUT2D eigenvalue weighted by Gasteiger charge is -2.27. The van der Waals surface area contributed by atoms with Gasteiger partial charge in [0.15, 0.2) is 0 Å². The van der Waals surface area contributed by atoms with E-state index < -0.39 is 5.56 Å². The highest BCUT2D eigenvalue weighted by Crippen LogP contribution is 2.32. The predicted octanol–water partition coefficient (Wildman–Crippen LogP) is 2.58. The van der Waals surface area contributed by atoms with Gasteiger partial charge in [0.25, 0.3) is 11.5 Å². The van der Waals surface area contributed by atoms with Crippen molar-refractivity contribution in [2.75, 3.05) is 26.3 Å². The monoisotopic (exact) mass is 361 g/mol. The Morgan fingerprint density at radius 3 is 2.15 bits per heavy atom. The molecule has 1 aliphatic heterocycles. The number of amides is 1. The van der Waals surface area contributed by atoms with Crippen LogP contribution in [0.2, 0.25) is 0 Å². The first-order valence-electron chi connectivity index (χ1n) is 8.86. The van der Waals surface area contributed by atoms with Crippen LogP contribution in [0.4, 0.5) is 0 Å². The van der Waals surface area contributed by atoms with Crippen LogP contribution in [0.15, 0.2) is 65.5 Å². The number of aromatic nitrogens is 2. The summed E-state index contributed by atoms with van der Waals surface area (Å²) in [6.07, 6.45) is 0. The highest BCUT2D eigenvalue weighted by molar-refractivity contribution is 6.03. The molecule has 6 heteroatoms. The number of carbonyl (C=O) groups excluding carboxylic acids is 1. The van der Waals surface area contributed by atoms with E-state index >= 15 is 0 Å². The van der Waals surface area contributed by atoms with Gasteiger partial charge >= 0.3 is 0 Å². The van der Waals surface area contributed by atoms with E-state index in [1.165, 1.54) is 0 Å². The van der Waals surface area contributed by atoms with E-state index in [1.54, 1.807) is 4.90 Å². The molecule has 0 aliphatic carbocycles. The van der Waals surface area contributed by atoms with Crippen molar-refractivity contribution in [2.24, 2.45) is 0 Å². The lowest BCUT2D eigenvalue weighted by molar-refractivity contribution is 0.0302. The van der Waals surface area contributed by atoms with E-state index in [9.17, 15) is 9.59 Å². The zero-order chi connectivity index (χ0) is 18.6. The topological polar surface area (TPSA) is 75.3 Å². The average Bonchev–Trinajstić information content (AvgIpc) is 2.75. The van der Waals surface area contributed by atoms with E-state index in [2.05, 4.69) is 10.2 Å². The number of morpholine rings is 1. The molecule has 1 amide bonds. The van der Waals surface area contributed by atoms with Gasteiger partial charge in [-0.25, -0.2) is 5.10 Å². The Hall–Kier alpha value is -3.25. The standard InChI is InChI=1S/C21H19N3O3/c25-20-18(21(26)24-11-13-27-14-12-24)17(15-7-3-1-4-8-15)19(22-23-20)16-9-5-2-6-10-16/h1-10H,11-14H2,(H,23,25). The first-order chi connectivity index (χ1) is 13.3. The van der Waals surface area contributed by atoms with Gasteiger partial charge in [0, 0.05) is 24.2 Å². The van der Waals surface area contributed by atoms with Gasteiger partial charge in [0.2, 0.25) is 0 Å². The lowest BCUT2D eigenvalue weighted by atomic mass is 9.95. The van der Waals surface area contributed by atoms with Crippen LogP contribution in [-0.2, 0) is 4.74 Å². The lowest BCUT2D eigenvalue weighted by Crippen LogP contribution is -2.43. The molecule has 1 saturated heterocycles. The number of ether oxygens (including phenoxy) is 1.